The van der Waals surface area contributed by atoms with E-state index < -0.39 is 0 Å². The van der Waals surface area contributed by atoms with E-state index in [4.69, 9.17) is 4.52 Å². The molecule has 3 aromatic heterocycles. The van der Waals surface area contributed by atoms with Gasteiger partial charge in [-0.1, -0.05) is 5.16 Å². The summed E-state index contributed by atoms with van der Waals surface area (Å²) in [4.78, 5) is 24.7. The molecule has 3 heterocycles. The molecular formula is C15H14N6O2. The van der Waals surface area contributed by atoms with Crippen molar-refractivity contribution < 1.29 is 9.32 Å². The van der Waals surface area contributed by atoms with Crippen molar-refractivity contribution in [3.8, 4) is 5.95 Å². The molecular weight excluding hydrogens is 296 g/mol. The van der Waals surface area contributed by atoms with Crippen molar-refractivity contribution in [2.24, 2.45) is 0 Å². The van der Waals surface area contributed by atoms with E-state index in [0.29, 0.717) is 17.3 Å². The number of amides is 1. The molecule has 1 aliphatic rings. The fourth-order valence-electron chi connectivity index (χ4n) is 2.65. The molecule has 8 nitrogen and oxygen atoms in total. The fourth-order valence-corrected chi connectivity index (χ4v) is 2.65. The predicted molar refractivity (Wildman–Crippen MR) is 80.3 cm³/mol. The lowest BCUT2D eigenvalue weighted by molar-refractivity contribution is 0.101. The van der Waals surface area contributed by atoms with Crippen LogP contribution in [-0.4, -0.2) is 30.6 Å². The van der Waals surface area contributed by atoms with Crippen LogP contribution in [0, 0.1) is 0 Å². The van der Waals surface area contributed by atoms with Gasteiger partial charge < -0.3 is 9.84 Å². The summed E-state index contributed by atoms with van der Waals surface area (Å²) >= 11 is 0. The van der Waals surface area contributed by atoms with E-state index in [1.807, 2.05) is 0 Å². The van der Waals surface area contributed by atoms with Crippen LogP contribution in [0.1, 0.15) is 34.7 Å². The van der Waals surface area contributed by atoms with Gasteiger partial charge in [0.15, 0.2) is 5.69 Å². The van der Waals surface area contributed by atoms with Gasteiger partial charge in [-0.25, -0.2) is 15.0 Å². The molecule has 1 aliphatic carbocycles. The second-order valence-electron chi connectivity index (χ2n) is 5.34. The van der Waals surface area contributed by atoms with Gasteiger partial charge in [0.25, 0.3) is 5.91 Å². The number of hydrogen-bond acceptors (Lipinski definition) is 6. The Morgan fingerprint density at radius 1 is 1.22 bits per heavy atom. The predicted octanol–water partition coefficient (Wildman–Crippen LogP) is 1.78. The van der Waals surface area contributed by atoms with Crippen molar-refractivity contribution in [2.75, 3.05) is 5.32 Å². The molecule has 4 rings (SSSR count). The van der Waals surface area contributed by atoms with Crippen LogP contribution in [0.25, 0.3) is 5.95 Å². The molecule has 1 N–H and O–H groups in total. The first-order chi connectivity index (χ1) is 11.3. The van der Waals surface area contributed by atoms with Crippen LogP contribution in [-0.2, 0) is 12.8 Å². The lowest BCUT2D eigenvalue weighted by Gasteiger charge is -2.09. The molecule has 116 valence electrons. The minimum atomic E-state index is -0.295. The Morgan fingerprint density at radius 3 is 2.83 bits per heavy atom. The summed E-state index contributed by atoms with van der Waals surface area (Å²) in [5, 5.41) is 6.67. The number of hydrogen-bond donors (Lipinski definition) is 1. The molecule has 0 spiro atoms. The van der Waals surface area contributed by atoms with Crippen molar-refractivity contribution in [3.63, 3.8) is 0 Å². The average molecular weight is 310 g/mol. The number of anilines is 1. The number of fused-ring (bicyclic) bond motifs is 1. The summed E-state index contributed by atoms with van der Waals surface area (Å²) in [5.41, 5.74) is 1.79. The van der Waals surface area contributed by atoms with Crippen molar-refractivity contribution in [2.45, 2.75) is 25.7 Å². The quantitative estimate of drug-likeness (QED) is 0.791. The number of carbonyl (C=O) groups excluding carboxylic acids is 1. The highest BCUT2D eigenvalue weighted by Gasteiger charge is 2.24. The third kappa shape index (κ3) is 2.59. The third-order valence-corrected chi connectivity index (χ3v) is 3.80. The standard InChI is InChI=1S/C15H14N6O2/c22-14(13-11-3-1-2-4-12(11)23-20-13)19-10-7-17-15(18-8-10)21-6-5-16-9-21/h5-9H,1-4H2,(H,19,22). The molecule has 3 aromatic rings. The van der Waals surface area contributed by atoms with Crippen LogP contribution >= 0.6 is 0 Å². The Morgan fingerprint density at radius 2 is 2.04 bits per heavy atom. The van der Waals surface area contributed by atoms with Gasteiger partial charge in [0.1, 0.15) is 12.1 Å². The van der Waals surface area contributed by atoms with Crippen LogP contribution in [0.4, 0.5) is 5.69 Å². The first kappa shape index (κ1) is 13.6. The van der Waals surface area contributed by atoms with Crippen LogP contribution in [0.2, 0.25) is 0 Å². The zero-order valence-electron chi connectivity index (χ0n) is 12.3. The topological polar surface area (TPSA) is 98.7 Å². The van der Waals surface area contributed by atoms with Crippen molar-refractivity contribution in [1.29, 1.82) is 0 Å². The average Bonchev–Trinajstić information content (AvgIpc) is 3.25. The molecule has 0 saturated carbocycles. The van der Waals surface area contributed by atoms with Crippen molar-refractivity contribution in [1.82, 2.24) is 24.7 Å². The molecule has 0 atom stereocenters. The van der Waals surface area contributed by atoms with E-state index >= 15 is 0 Å². The smallest absolute Gasteiger partial charge is 0.278 e. The molecule has 0 aliphatic heterocycles. The summed E-state index contributed by atoms with van der Waals surface area (Å²) < 4.78 is 6.94. The number of carbonyl (C=O) groups is 1. The summed E-state index contributed by atoms with van der Waals surface area (Å²) in [6.45, 7) is 0. The van der Waals surface area contributed by atoms with Crippen LogP contribution in [0.15, 0.2) is 35.6 Å². The number of nitrogens with zero attached hydrogens (tertiary/aromatic N) is 5. The van der Waals surface area contributed by atoms with E-state index in [1.54, 1.807) is 35.7 Å². The zero-order chi connectivity index (χ0) is 15.6. The van der Waals surface area contributed by atoms with Crippen LogP contribution in [0.3, 0.4) is 0 Å². The summed E-state index contributed by atoms with van der Waals surface area (Å²) in [7, 11) is 0. The molecule has 1 amide bonds. The third-order valence-electron chi connectivity index (χ3n) is 3.80. The van der Waals surface area contributed by atoms with Gasteiger partial charge >= 0.3 is 0 Å². The van der Waals surface area contributed by atoms with E-state index in [0.717, 1.165) is 37.0 Å². The van der Waals surface area contributed by atoms with Crippen molar-refractivity contribution >= 4 is 11.6 Å². The number of aryl methyl sites for hydroxylation is 1. The Balaban J connectivity index is 1.51. The largest absolute Gasteiger partial charge is 0.360 e. The highest BCUT2D eigenvalue weighted by molar-refractivity contribution is 6.03. The van der Waals surface area contributed by atoms with Gasteiger partial charge in [0.05, 0.1) is 18.1 Å². The van der Waals surface area contributed by atoms with Gasteiger partial charge in [0, 0.05) is 24.4 Å². The molecule has 0 unspecified atom stereocenters. The van der Waals surface area contributed by atoms with E-state index in [9.17, 15) is 4.79 Å². The van der Waals surface area contributed by atoms with Crippen LogP contribution in [0.5, 0.6) is 0 Å². The Kier molecular flexibility index (Phi) is 3.34. The summed E-state index contributed by atoms with van der Waals surface area (Å²) in [6, 6.07) is 0. The number of aromatic nitrogens is 5. The first-order valence-electron chi connectivity index (χ1n) is 7.40. The summed E-state index contributed by atoms with van der Waals surface area (Å²) in [5.74, 6) is 1.02. The van der Waals surface area contributed by atoms with E-state index in [1.165, 1.54) is 0 Å². The zero-order valence-corrected chi connectivity index (χ0v) is 12.3. The maximum atomic E-state index is 12.4. The Hall–Kier alpha value is -3.03. The molecule has 0 bridgehead atoms. The maximum Gasteiger partial charge on any atom is 0.278 e. The monoisotopic (exact) mass is 310 g/mol. The second-order valence-corrected chi connectivity index (χ2v) is 5.34. The highest BCUT2D eigenvalue weighted by Crippen LogP contribution is 2.24. The lowest BCUT2D eigenvalue weighted by atomic mass is 9.96. The first-order valence-corrected chi connectivity index (χ1v) is 7.40. The molecule has 0 saturated heterocycles. The van der Waals surface area contributed by atoms with Crippen molar-refractivity contribution in [3.05, 3.63) is 48.1 Å². The Labute approximate surface area is 131 Å². The van der Waals surface area contributed by atoms with Gasteiger partial charge in [-0.3, -0.25) is 9.36 Å². The normalized spacial score (nSPS) is 13.6. The van der Waals surface area contributed by atoms with Gasteiger partial charge in [-0.05, 0) is 19.3 Å². The highest BCUT2D eigenvalue weighted by atomic mass is 16.5. The lowest BCUT2D eigenvalue weighted by Crippen LogP contribution is -2.16. The number of imidazole rings is 1. The molecule has 8 heteroatoms. The molecule has 0 radical (unpaired) electrons. The minimum absolute atomic E-state index is 0.295. The van der Waals surface area contributed by atoms with Gasteiger partial charge in [-0.2, -0.15) is 0 Å². The van der Waals surface area contributed by atoms with E-state index in [2.05, 4.69) is 25.4 Å². The number of rotatable bonds is 3. The fraction of sp³-hybridized carbons (Fsp3) is 0.267. The second kappa shape index (κ2) is 5.64. The summed E-state index contributed by atoms with van der Waals surface area (Å²) in [6.07, 6.45) is 11.9. The maximum absolute atomic E-state index is 12.4. The van der Waals surface area contributed by atoms with Gasteiger partial charge in [0.2, 0.25) is 5.95 Å². The minimum Gasteiger partial charge on any atom is -0.360 e. The molecule has 0 fully saturated rings. The van der Waals surface area contributed by atoms with Crippen LogP contribution < -0.4 is 5.32 Å². The number of nitrogens with one attached hydrogen (secondary N) is 1. The molecule has 23 heavy (non-hydrogen) atoms. The molecule has 0 aromatic carbocycles. The Bertz CT molecular complexity index is 822. The van der Waals surface area contributed by atoms with Gasteiger partial charge in [-0.15, -0.1) is 0 Å². The van der Waals surface area contributed by atoms with E-state index in [-0.39, 0.29) is 5.91 Å². The SMILES string of the molecule is O=C(Nc1cnc(-n2ccnc2)nc1)c1noc2c1CCCC2.